The highest BCUT2D eigenvalue weighted by Crippen LogP contribution is 2.34. The normalized spacial score (nSPS) is 12.2. The Morgan fingerprint density at radius 3 is 1.44 bits per heavy atom. The highest BCUT2D eigenvalue weighted by Gasteiger charge is 2.25. The summed E-state index contributed by atoms with van der Waals surface area (Å²) in [6.07, 6.45) is 13.2. The lowest BCUT2D eigenvalue weighted by Gasteiger charge is -2.28. The Hall–Kier alpha value is -3.94. The summed E-state index contributed by atoms with van der Waals surface area (Å²) in [4.78, 5) is 0. The van der Waals surface area contributed by atoms with Gasteiger partial charge in [0, 0.05) is 6.61 Å². The summed E-state index contributed by atoms with van der Waals surface area (Å²) in [6.45, 7) is 7.00. The summed E-state index contributed by atoms with van der Waals surface area (Å²) in [5.41, 5.74) is 7.75. The Kier molecular flexibility index (Phi) is 8.49. The van der Waals surface area contributed by atoms with Gasteiger partial charge in [-0.2, -0.15) is 0 Å². The molecule has 1 heteroatoms. The van der Waals surface area contributed by atoms with Crippen molar-refractivity contribution in [3.63, 3.8) is 0 Å². The van der Waals surface area contributed by atoms with Gasteiger partial charge in [0.2, 0.25) is 0 Å². The minimum Gasteiger partial charge on any atom is -0.371 e. The van der Waals surface area contributed by atoms with Gasteiger partial charge in [0.25, 0.3) is 0 Å². The van der Waals surface area contributed by atoms with Crippen LogP contribution >= 0.6 is 0 Å². The van der Waals surface area contributed by atoms with Crippen LogP contribution < -0.4 is 0 Å². The van der Waals surface area contributed by atoms with Gasteiger partial charge in [0.15, 0.2) is 0 Å². The molecule has 4 rings (SSSR count). The Morgan fingerprint density at radius 2 is 0.972 bits per heavy atom. The maximum absolute atomic E-state index is 6.22. The molecule has 0 radical (unpaired) electrons. The molecule has 36 heavy (non-hydrogen) atoms. The zero-order valence-electron chi connectivity index (χ0n) is 21.4. The molecular formula is C35H34O. The summed E-state index contributed by atoms with van der Waals surface area (Å²) in [5, 5.41) is 0. The summed E-state index contributed by atoms with van der Waals surface area (Å²) < 4.78 is 6.22. The van der Waals surface area contributed by atoms with E-state index in [4.69, 9.17) is 4.74 Å². The molecule has 0 aliphatic carbocycles. The van der Waals surface area contributed by atoms with Crippen LogP contribution in [0.4, 0.5) is 0 Å². The van der Waals surface area contributed by atoms with Crippen molar-refractivity contribution >= 4 is 36.5 Å². The van der Waals surface area contributed by atoms with Gasteiger partial charge < -0.3 is 4.74 Å². The summed E-state index contributed by atoms with van der Waals surface area (Å²) in [6, 6.07) is 35.7. The van der Waals surface area contributed by atoms with Gasteiger partial charge in [0.1, 0.15) is 0 Å². The Balaban J connectivity index is 1.90. The molecule has 0 spiro atoms. The maximum atomic E-state index is 6.22. The summed E-state index contributed by atoms with van der Waals surface area (Å²) in [7, 11) is 0. The predicted molar refractivity (Wildman–Crippen MR) is 157 cm³/mol. The number of hydrogen-bond donors (Lipinski definition) is 0. The SMILES string of the molecule is CCOC(C)(C)c1ccc(/C=C/c2ccccc2)c(/C=C/c2ccccc2)c1/C=C/c1ccccc1. The van der Waals surface area contributed by atoms with Crippen LogP contribution in [0.5, 0.6) is 0 Å². The van der Waals surface area contributed by atoms with Gasteiger partial charge in [-0.05, 0) is 59.7 Å². The molecule has 0 unspecified atom stereocenters. The smallest absolute Gasteiger partial charge is 0.0881 e. The monoisotopic (exact) mass is 470 g/mol. The van der Waals surface area contributed by atoms with Crippen LogP contribution in [0.15, 0.2) is 103 Å². The van der Waals surface area contributed by atoms with E-state index in [1.165, 1.54) is 33.4 Å². The molecule has 0 aliphatic rings. The molecule has 0 saturated heterocycles. The molecule has 0 atom stereocenters. The van der Waals surface area contributed by atoms with Gasteiger partial charge in [0.05, 0.1) is 5.60 Å². The topological polar surface area (TPSA) is 9.23 Å². The molecule has 4 aromatic carbocycles. The van der Waals surface area contributed by atoms with Crippen molar-refractivity contribution in [3.05, 3.63) is 142 Å². The van der Waals surface area contributed by atoms with E-state index in [2.05, 4.69) is 142 Å². The van der Waals surface area contributed by atoms with Crippen molar-refractivity contribution < 1.29 is 4.74 Å². The molecule has 0 aliphatic heterocycles. The van der Waals surface area contributed by atoms with Crippen LogP contribution in [-0.4, -0.2) is 6.61 Å². The summed E-state index contributed by atoms with van der Waals surface area (Å²) >= 11 is 0. The lowest BCUT2D eigenvalue weighted by molar-refractivity contribution is -0.0141. The third-order valence-corrected chi connectivity index (χ3v) is 6.21. The first-order valence-corrected chi connectivity index (χ1v) is 12.6. The van der Waals surface area contributed by atoms with E-state index in [0.717, 1.165) is 5.56 Å². The van der Waals surface area contributed by atoms with E-state index in [1.807, 2.05) is 18.2 Å². The standard InChI is InChI=1S/C35H34O/c1-4-36-35(2,3)34-27-24-31(23-20-28-14-8-5-9-15-28)32(25-21-29-16-10-6-11-17-29)33(34)26-22-30-18-12-7-13-19-30/h5-27H,4H2,1-3H3/b23-20+,25-21+,26-22+. The zero-order chi connectivity index (χ0) is 25.2. The van der Waals surface area contributed by atoms with E-state index < -0.39 is 5.60 Å². The van der Waals surface area contributed by atoms with Crippen LogP contribution in [0.3, 0.4) is 0 Å². The average Bonchev–Trinajstić information content (AvgIpc) is 2.91. The fourth-order valence-corrected chi connectivity index (χ4v) is 4.37. The second kappa shape index (κ2) is 12.2. The quantitative estimate of drug-likeness (QED) is 0.221. The second-order valence-electron chi connectivity index (χ2n) is 9.21. The highest BCUT2D eigenvalue weighted by molar-refractivity contribution is 5.87. The zero-order valence-corrected chi connectivity index (χ0v) is 21.4. The first-order chi connectivity index (χ1) is 17.6. The van der Waals surface area contributed by atoms with E-state index in [-0.39, 0.29) is 0 Å². The fraction of sp³-hybridized carbons (Fsp3) is 0.143. The van der Waals surface area contributed by atoms with Crippen LogP contribution in [0, 0.1) is 0 Å². The molecule has 0 saturated carbocycles. The largest absolute Gasteiger partial charge is 0.371 e. The van der Waals surface area contributed by atoms with Crippen LogP contribution in [0.2, 0.25) is 0 Å². The molecule has 0 heterocycles. The maximum Gasteiger partial charge on any atom is 0.0881 e. The third kappa shape index (κ3) is 6.59. The molecule has 0 aromatic heterocycles. The molecule has 180 valence electrons. The number of rotatable bonds is 9. The Bertz CT molecular complexity index is 1330. The first kappa shape index (κ1) is 25.2. The molecule has 4 aromatic rings. The van der Waals surface area contributed by atoms with Gasteiger partial charge in [-0.3, -0.25) is 0 Å². The Morgan fingerprint density at radius 1 is 0.528 bits per heavy atom. The number of benzene rings is 4. The van der Waals surface area contributed by atoms with Gasteiger partial charge >= 0.3 is 0 Å². The van der Waals surface area contributed by atoms with E-state index >= 15 is 0 Å². The lowest BCUT2D eigenvalue weighted by atomic mass is 9.86. The van der Waals surface area contributed by atoms with Crippen molar-refractivity contribution in [2.45, 2.75) is 26.4 Å². The third-order valence-electron chi connectivity index (χ3n) is 6.21. The lowest BCUT2D eigenvalue weighted by Crippen LogP contribution is -2.23. The van der Waals surface area contributed by atoms with Crippen molar-refractivity contribution in [1.82, 2.24) is 0 Å². The minimum absolute atomic E-state index is 0.428. The van der Waals surface area contributed by atoms with Gasteiger partial charge in [-0.1, -0.05) is 140 Å². The van der Waals surface area contributed by atoms with Crippen LogP contribution in [0.25, 0.3) is 36.5 Å². The highest BCUT2D eigenvalue weighted by atomic mass is 16.5. The van der Waals surface area contributed by atoms with Crippen molar-refractivity contribution in [2.24, 2.45) is 0 Å². The molecular weight excluding hydrogens is 436 g/mol. The van der Waals surface area contributed by atoms with Crippen molar-refractivity contribution in [1.29, 1.82) is 0 Å². The minimum atomic E-state index is -0.428. The van der Waals surface area contributed by atoms with E-state index in [9.17, 15) is 0 Å². The molecule has 0 fully saturated rings. The van der Waals surface area contributed by atoms with Crippen LogP contribution in [-0.2, 0) is 10.3 Å². The number of hydrogen-bond acceptors (Lipinski definition) is 1. The number of ether oxygens (including phenoxy) is 1. The fourth-order valence-electron chi connectivity index (χ4n) is 4.37. The van der Waals surface area contributed by atoms with E-state index in [0.29, 0.717) is 6.61 Å². The molecule has 0 N–H and O–H groups in total. The second-order valence-corrected chi connectivity index (χ2v) is 9.21. The van der Waals surface area contributed by atoms with Crippen LogP contribution in [0.1, 0.15) is 59.7 Å². The predicted octanol–water partition coefficient (Wildman–Crippen LogP) is 9.47. The van der Waals surface area contributed by atoms with E-state index in [1.54, 1.807) is 0 Å². The van der Waals surface area contributed by atoms with Gasteiger partial charge in [-0.25, -0.2) is 0 Å². The first-order valence-electron chi connectivity index (χ1n) is 12.6. The van der Waals surface area contributed by atoms with Gasteiger partial charge in [-0.15, -0.1) is 0 Å². The van der Waals surface area contributed by atoms with Crippen molar-refractivity contribution in [3.8, 4) is 0 Å². The molecule has 0 amide bonds. The molecule has 0 bridgehead atoms. The summed E-state index contributed by atoms with van der Waals surface area (Å²) in [5.74, 6) is 0. The Labute approximate surface area is 216 Å². The van der Waals surface area contributed by atoms with Crippen molar-refractivity contribution in [2.75, 3.05) is 6.61 Å². The molecule has 1 nitrogen and oxygen atoms in total. The average molecular weight is 471 g/mol.